The molecule has 0 bridgehead atoms. The van der Waals surface area contributed by atoms with Crippen LogP contribution < -0.4 is 15.8 Å². The Morgan fingerprint density at radius 3 is 2.68 bits per heavy atom. The third-order valence-electron chi connectivity index (χ3n) is 13.2. The van der Waals surface area contributed by atoms with Crippen molar-refractivity contribution in [3.05, 3.63) is 124 Å². The van der Waals surface area contributed by atoms with E-state index in [2.05, 4.69) is 54.1 Å². The molecule has 0 saturated heterocycles. The van der Waals surface area contributed by atoms with Crippen molar-refractivity contribution < 1.29 is 34.4 Å². The number of aliphatic hydroxyl groups is 3. The van der Waals surface area contributed by atoms with Crippen LogP contribution in [0.2, 0.25) is 0 Å². The summed E-state index contributed by atoms with van der Waals surface area (Å²) in [5.74, 6) is 6.05. The second-order valence-corrected chi connectivity index (χ2v) is 16.9. The number of fused-ring (bicyclic) bond motifs is 1. The first kappa shape index (κ1) is 44.0. The fraction of sp³-hybridized carbons (Fsp3) is 0.480. The zero-order chi connectivity index (χ0) is 42.0. The Balaban J connectivity index is 1.21. The van der Waals surface area contributed by atoms with Gasteiger partial charge in [0.05, 0.1) is 18.3 Å². The lowest BCUT2D eigenvalue weighted by Gasteiger charge is -2.55. The van der Waals surface area contributed by atoms with Crippen LogP contribution in [0.4, 0.5) is 4.79 Å². The molecule has 1 amide bonds. The largest absolute Gasteiger partial charge is 0.414 e. The highest BCUT2D eigenvalue weighted by Gasteiger charge is 2.64. The van der Waals surface area contributed by atoms with E-state index in [1.165, 1.54) is 11.1 Å². The number of hydrogen-bond acceptors (Lipinski definition) is 8. The van der Waals surface area contributed by atoms with Gasteiger partial charge < -0.3 is 35.8 Å². The standard InChI is InChI=1S/C50H62N2O7/c1-34-14-9-19-37(21-11-20-36-16-5-4-6-17-36)18-7-8-31-58-33-39(23-10-15-34)41-27-29-50(46(41)55)43(25-13-30-53)40(26-28-49(50,3)57)35(2)44(54)32-38-22-12-24-42-45(38)59-48(56)52-47(42)51/h4-6,10,12,15-17,19,22-24,41,43,46-47,53,55,57H,1,9,11,13-14,18,20-21,25-33,51H2,2-3H3,(H,52,56)/b15-10+,37-19+,39-23+,40-35+/t41-,43-,46-,47+,49-,50-/m1/s1. The van der Waals surface area contributed by atoms with Gasteiger partial charge in [0.15, 0.2) is 5.78 Å². The third-order valence-corrected chi connectivity index (χ3v) is 13.2. The van der Waals surface area contributed by atoms with E-state index in [1.54, 1.807) is 18.2 Å². The normalized spacial score (nSPS) is 30.8. The number of ketones is 1. The van der Waals surface area contributed by atoms with E-state index >= 15 is 0 Å². The van der Waals surface area contributed by atoms with Gasteiger partial charge in [0.2, 0.25) is 0 Å². The molecule has 4 aliphatic rings. The minimum atomic E-state index is -1.24. The molecule has 2 aromatic carbocycles. The molecule has 59 heavy (non-hydrogen) atoms. The Hall–Kier alpha value is -4.56. The maximum Gasteiger partial charge on any atom is 0.414 e. The highest BCUT2D eigenvalue weighted by atomic mass is 16.6. The third kappa shape index (κ3) is 10.3. The fourth-order valence-electron chi connectivity index (χ4n) is 9.99. The number of Topliss-reactive ketones (excluding diaryl/α,β-unsaturated/α-hetero) is 1. The number of rotatable bonds is 11. The first-order valence-corrected chi connectivity index (χ1v) is 21.3. The quantitative estimate of drug-likeness (QED) is 0.0870. The number of allylic oxidation sites excluding steroid dienone is 8. The SMILES string of the molecule is C=C1/C=C/C=C(/[C@H]2CC[C@@]3([C@H](CCCO)/C(=C(\C)C(=O)Cc4cccc5c4OC(=O)N[C@@H]5N)CC[C@@]3(C)O)[C@@H]2O)COCC#CC/C(CCCc2ccccc2)=C\CC1. The molecule has 0 aromatic heterocycles. The molecule has 0 unspecified atom stereocenters. The van der Waals surface area contributed by atoms with Crippen LogP contribution in [-0.2, 0) is 22.4 Å². The number of nitrogens with two attached hydrogens (primary N) is 1. The van der Waals surface area contributed by atoms with Crippen molar-refractivity contribution >= 4 is 11.9 Å². The lowest BCUT2D eigenvalue weighted by molar-refractivity contribution is -0.167. The van der Waals surface area contributed by atoms with E-state index in [4.69, 9.17) is 15.2 Å². The number of aliphatic hydroxyl groups excluding tert-OH is 2. The number of hydrogen-bond donors (Lipinski definition) is 5. The number of aryl methyl sites for hydroxylation is 1. The van der Waals surface area contributed by atoms with Crippen LogP contribution in [0, 0.1) is 29.1 Å². The van der Waals surface area contributed by atoms with Gasteiger partial charge in [-0.2, -0.15) is 0 Å². The molecule has 1 spiro atoms. The second-order valence-electron chi connectivity index (χ2n) is 16.9. The van der Waals surface area contributed by atoms with E-state index in [0.29, 0.717) is 67.4 Å². The van der Waals surface area contributed by atoms with E-state index in [-0.39, 0.29) is 43.9 Å². The molecule has 6 N–H and O–H groups in total. The van der Waals surface area contributed by atoms with Crippen molar-refractivity contribution in [2.75, 3.05) is 19.8 Å². The summed E-state index contributed by atoms with van der Waals surface area (Å²) in [7, 11) is 0. The monoisotopic (exact) mass is 802 g/mol. The zero-order valence-corrected chi connectivity index (χ0v) is 34.8. The molecular weight excluding hydrogens is 741 g/mol. The lowest BCUT2D eigenvalue weighted by Crippen LogP contribution is -2.59. The van der Waals surface area contributed by atoms with Gasteiger partial charge in [-0.1, -0.05) is 108 Å². The average Bonchev–Trinajstić information content (AvgIpc) is 3.55. The summed E-state index contributed by atoms with van der Waals surface area (Å²) < 4.78 is 11.7. The fourth-order valence-corrected chi connectivity index (χ4v) is 9.99. The Bertz CT molecular complexity index is 2030. The molecular formula is C50H62N2O7. The van der Waals surface area contributed by atoms with Crippen molar-refractivity contribution in [2.45, 2.75) is 115 Å². The molecule has 314 valence electrons. The number of carbonyl (C=O) groups excluding carboxylic acids is 2. The van der Waals surface area contributed by atoms with E-state index in [0.717, 1.165) is 48.8 Å². The molecule has 2 heterocycles. The van der Waals surface area contributed by atoms with Crippen LogP contribution in [0.15, 0.2) is 107 Å². The van der Waals surface area contributed by atoms with Crippen LogP contribution in [0.5, 0.6) is 5.75 Å². The molecule has 0 radical (unpaired) electrons. The summed E-state index contributed by atoms with van der Waals surface area (Å²) in [6.07, 6.45) is 14.5. The topological polar surface area (TPSA) is 151 Å². The van der Waals surface area contributed by atoms with Crippen LogP contribution >= 0.6 is 0 Å². The van der Waals surface area contributed by atoms with Gasteiger partial charge in [-0.15, -0.1) is 0 Å². The number of nitrogens with one attached hydrogen (secondary N) is 1. The lowest BCUT2D eigenvalue weighted by atomic mass is 9.52. The van der Waals surface area contributed by atoms with E-state index in [9.17, 15) is 24.9 Å². The van der Waals surface area contributed by atoms with Crippen LogP contribution in [0.25, 0.3) is 0 Å². The summed E-state index contributed by atoms with van der Waals surface area (Å²) in [5, 5.41) is 37.6. The molecule has 6 rings (SSSR count). The van der Waals surface area contributed by atoms with Gasteiger partial charge in [-0.05, 0) is 107 Å². The van der Waals surface area contributed by atoms with Crippen LogP contribution in [0.1, 0.15) is 107 Å². The molecule has 9 heteroatoms. The maximum atomic E-state index is 14.2. The van der Waals surface area contributed by atoms with Gasteiger partial charge in [0, 0.05) is 41.9 Å². The highest BCUT2D eigenvalue weighted by Crippen LogP contribution is 2.63. The summed E-state index contributed by atoms with van der Waals surface area (Å²) >= 11 is 0. The summed E-state index contributed by atoms with van der Waals surface area (Å²) in [6, 6.07) is 15.9. The van der Waals surface area contributed by atoms with Gasteiger partial charge in [0.25, 0.3) is 0 Å². The number of para-hydroxylation sites is 1. The smallest absolute Gasteiger partial charge is 0.410 e. The maximum absolute atomic E-state index is 14.2. The number of carbonyl (C=O) groups is 2. The minimum absolute atomic E-state index is 0.00379. The molecule has 2 saturated carbocycles. The molecule has 2 aliphatic carbocycles. The Labute approximate surface area is 350 Å². The molecule has 2 fully saturated rings. The summed E-state index contributed by atoms with van der Waals surface area (Å²) in [4.78, 5) is 26.4. The summed E-state index contributed by atoms with van der Waals surface area (Å²) in [5.41, 5.74) is 11.2. The Morgan fingerprint density at radius 2 is 1.88 bits per heavy atom. The van der Waals surface area contributed by atoms with Gasteiger partial charge in [-0.25, -0.2) is 4.79 Å². The van der Waals surface area contributed by atoms with E-state index < -0.39 is 29.4 Å². The van der Waals surface area contributed by atoms with Crippen LogP contribution in [0.3, 0.4) is 0 Å². The van der Waals surface area contributed by atoms with Crippen molar-refractivity contribution in [3.8, 4) is 17.6 Å². The predicted octanol–water partition coefficient (Wildman–Crippen LogP) is 8.06. The highest BCUT2D eigenvalue weighted by molar-refractivity contribution is 5.97. The van der Waals surface area contributed by atoms with E-state index in [1.807, 2.05) is 38.1 Å². The van der Waals surface area contributed by atoms with Gasteiger partial charge in [-0.3, -0.25) is 4.79 Å². The predicted molar refractivity (Wildman–Crippen MR) is 231 cm³/mol. The summed E-state index contributed by atoms with van der Waals surface area (Å²) in [6.45, 7) is 8.45. The molecule has 2 aliphatic heterocycles. The molecule has 9 nitrogen and oxygen atoms in total. The van der Waals surface area contributed by atoms with Gasteiger partial charge >= 0.3 is 6.09 Å². The van der Waals surface area contributed by atoms with Crippen molar-refractivity contribution in [3.63, 3.8) is 0 Å². The molecule has 2 aromatic rings. The average molecular weight is 803 g/mol. The van der Waals surface area contributed by atoms with Crippen molar-refractivity contribution in [1.82, 2.24) is 5.32 Å². The minimum Gasteiger partial charge on any atom is -0.410 e. The Kier molecular flexibility index (Phi) is 15.0. The second kappa shape index (κ2) is 20.1. The van der Waals surface area contributed by atoms with Crippen molar-refractivity contribution in [2.24, 2.45) is 23.0 Å². The number of amides is 1. The zero-order valence-electron chi connectivity index (χ0n) is 34.8. The van der Waals surface area contributed by atoms with Crippen molar-refractivity contribution in [1.29, 1.82) is 0 Å². The molecule has 6 atom stereocenters. The number of ether oxygens (including phenoxy) is 2. The first-order chi connectivity index (χ1) is 28.4. The first-order valence-electron chi connectivity index (χ1n) is 21.3. The Morgan fingerprint density at radius 1 is 1.07 bits per heavy atom. The van der Waals surface area contributed by atoms with Crippen LogP contribution in [-0.4, -0.2) is 58.7 Å². The number of benzene rings is 2. The van der Waals surface area contributed by atoms with Gasteiger partial charge in [0.1, 0.15) is 18.5 Å².